The van der Waals surface area contributed by atoms with E-state index in [-0.39, 0.29) is 12.6 Å². The summed E-state index contributed by atoms with van der Waals surface area (Å²) < 4.78 is 5.19. The van der Waals surface area contributed by atoms with Gasteiger partial charge in [-0.1, -0.05) is 42.5 Å². The number of ether oxygens (including phenoxy) is 1. The summed E-state index contributed by atoms with van der Waals surface area (Å²) in [7, 11) is 0. The highest BCUT2D eigenvalue weighted by Gasteiger charge is 2.09. The van der Waals surface area contributed by atoms with Gasteiger partial charge in [0.25, 0.3) is 0 Å². The highest BCUT2D eigenvalue weighted by atomic mass is 16.5. The Balaban J connectivity index is 1.92. The maximum Gasteiger partial charge on any atom is 0.355 e. The summed E-state index contributed by atoms with van der Waals surface area (Å²) >= 11 is 0. The lowest BCUT2D eigenvalue weighted by atomic mass is 10.2. The van der Waals surface area contributed by atoms with E-state index in [4.69, 9.17) is 4.74 Å². The Bertz CT molecular complexity index is 472. The van der Waals surface area contributed by atoms with Crippen molar-refractivity contribution in [1.29, 1.82) is 0 Å². The van der Waals surface area contributed by atoms with Crippen molar-refractivity contribution in [2.45, 2.75) is 6.61 Å². The van der Waals surface area contributed by atoms with Gasteiger partial charge in [0.15, 0.2) is 0 Å². The molecule has 0 bridgehead atoms. The van der Waals surface area contributed by atoms with Crippen LogP contribution in [0.15, 0.2) is 66.5 Å². The zero-order chi connectivity index (χ0) is 11.9. The average Bonchev–Trinajstić information content (AvgIpc) is 2.66. The van der Waals surface area contributed by atoms with Crippen LogP contribution in [-0.4, -0.2) is 5.97 Å². The summed E-state index contributed by atoms with van der Waals surface area (Å²) in [5, 5.41) is 2.86. The predicted octanol–water partition coefficient (Wildman–Crippen LogP) is 2.29. The van der Waals surface area contributed by atoms with Crippen LogP contribution in [-0.2, 0) is 16.1 Å². The predicted molar refractivity (Wildman–Crippen MR) is 65.7 cm³/mol. The van der Waals surface area contributed by atoms with Gasteiger partial charge in [-0.2, -0.15) is 0 Å². The van der Waals surface area contributed by atoms with Crippen LogP contribution < -0.4 is 5.32 Å². The van der Waals surface area contributed by atoms with E-state index in [1.54, 1.807) is 18.4 Å². The number of rotatable bonds is 3. The molecule has 1 aliphatic heterocycles. The molecular weight excluding hydrogens is 214 g/mol. The van der Waals surface area contributed by atoms with Crippen molar-refractivity contribution >= 4 is 5.97 Å². The Kier molecular flexibility index (Phi) is 3.76. The molecule has 1 aromatic carbocycles. The lowest BCUT2D eigenvalue weighted by Gasteiger charge is -2.07. The maximum absolute atomic E-state index is 11.7. The number of nitrogens with one attached hydrogen (secondary N) is 1. The van der Waals surface area contributed by atoms with Crippen LogP contribution in [0.5, 0.6) is 0 Å². The Hall–Kier alpha value is -2.29. The number of carbonyl (C=O) groups is 1. The van der Waals surface area contributed by atoms with Crippen molar-refractivity contribution in [1.82, 2.24) is 5.32 Å². The molecule has 0 unspecified atom stereocenters. The third-order valence-electron chi connectivity index (χ3n) is 2.25. The van der Waals surface area contributed by atoms with Crippen molar-refractivity contribution in [3.05, 3.63) is 72.1 Å². The summed E-state index contributed by atoms with van der Waals surface area (Å²) in [5.41, 5.74) is 1.41. The van der Waals surface area contributed by atoms with Gasteiger partial charge in [0.05, 0.1) is 0 Å². The average molecular weight is 227 g/mol. The minimum Gasteiger partial charge on any atom is -0.456 e. The van der Waals surface area contributed by atoms with Gasteiger partial charge in [0.1, 0.15) is 12.3 Å². The van der Waals surface area contributed by atoms with Crippen LogP contribution in [0.25, 0.3) is 0 Å². The van der Waals surface area contributed by atoms with Crippen molar-refractivity contribution < 1.29 is 9.53 Å². The molecule has 3 heteroatoms. The minimum atomic E-state index is -0.356. The molecule has 3 nitrogen and oxygen atoms in total. The van der Waals surface area contributed by atoms with E-state index in [9.17, 15) is 4.79 Å². The minimum absolute atomic E-state index is 0.284. The third kappa shape index (κ3) is 3.34. The molecule has 0 radical (unpaired) electrons. The maximum atomic E-state index is 11.7. The second-order valence-electron chi connectivity index (χ2n) is 3.53. The van der Waals surface area contributed by atoms with E-state index < -0.39 is 0 Å². The molecule has 0 saturated carbocycles. The Morgan fingerprint density at radius 3 is 2.76 bits per heavy atom. The molecule has 86 valence electrons. The molecule has 0 spiro atoms. The molecule has 0 fully saturated rings. The number of esters is 1. The monoisotopic (exact) mass is 227 g/mol. The van der Waals surface area contributed by atoms with Gasteiger partial charge in [-0.15, -0.1) is 0 Å². The molecule has 1 aromatic rings. The van der Waals surface area contributed by atoms with E-state index in [1.807, 2.05) is 42.5 Å². The summed E-state index contributed by atoms with van der Waals surface area (Å²) in [5.74, 6) is -0.356. The first-order chi connectivity index (χ1) is 8.36. The molecule has 1 heterocycles. The second kappa shape index (κ2) is 5.70. The molecule has 2 rings (SSSR count). The SMILES string of the molecule is O=C(OCc1ccccc1)C1=CC=CC=CN1. The van der Waals surface area contributed by atoms with Crippen molar-refractivity contribution in [2.24, 2.45) is 0 Å². The van der Waals surface area contributed by atoms with Gasteiger partial charge in [-0.25, -0.2) is 4.79 Å². The second-order valence-corrected chi connectivity index (χ2v) is 3.53. The summed E-state index contributed by atoms with van der Waals surface area (Å²) in [4.78, 5) is 11.7. The Morgan fingerprint density at radius 1 is 1.12 bits per heavy atom. The van der Waals surface area contributed by atoms with Crippen molar-refractivity contribution in [3.8, 4) is 0 Å². The first-order valence-corrected chi connectivity index (χ1v) is 5.37. The number of allylic oxidation sites excluding steroid dienone is 4. The van der Waals surface area contributed by atoms with Gasteiger partial charge in [0.2, 0.25) is 0 Å². The summed E-state index contributed by atoms with van der Waals surface area (Å²) in [6.45, 7) is 0.284. The summed E-state index contributed by atoms with van der Waals surface area (Å²) in [6, 6.07) is 9.59. The largest absolute Gasteiger partial charge is 0.456 e. The quantitative estimate of drug-likeness (QED) is 0.805. The fourth-order valence-electron chi connectivity index (χ4n) is 1.39. The van der Waals surface area contributed by atoms with Crippen LogP contribution in [0.4, 0.5) is 0 Å². The van der Waals surface area contributed by atoms with Crippen LogP contribution in [0.1, 0.15) is 5.56 Å². The molecular formula is C14H13NO2. The lowest BCUT2D eigenvalue weighted by molar-refractivity contribution is -0.140. The Morgan fingerprint density at radius 2 is 1.94 bits per heavy atom. The van der Waals surface area contributed by atoms with Gasteiger partial charge in [-0.3, -0.25) is 0 Å². The Labute approximate surface area is 100 Å². The standard InChI is InChI=1S/C14H13NO2/c16-14(13-9-5-2-6-10-15-13)17-11-12-7-3-1-4-8-12/h1-10,15H,11H2. The molecule has 0 aliphatic carbocycles. The van der Waals surface area contributed by atoms with Crippen LogP contribution in [0, 0.1) is 0 Å². The van der Waals surface area contributed by atoms with Crippen LogP contribution in [0.3, 0.4) is 0 Å². The smallest absolute Gasteiger partial charge is 0.355 e. The zero-order valence-corrected chi connectivity index (χ0v) is 9.30. The number of hydrogen-bond donors (Lipinski definition) is 1. The highest BCUT2D eigenvalue weighted by Crippen LogP contribution is 2.04. The van der Waals surface area contributed by atoms with Crippen molar-refractivity contribution in [2.75, 3.05) is 0 Å². The van der Waals surface area contributed by atoms with E-state index in [0.29, 0.717) is 5.70 Å². The number of hydrogen-bond acceptors (Lipinski definition) is 3. The van der Waals surface area contributed by atoms with Crippen LogP contribution in [0.2, 0.25) is 0 Å². The van der Waals surface area contributed by atoms with Crippen molar-refractivity contribution in [3.63, 3.8) is 0 Å². The zero-order valence-electron chi connectivity index (χ0n) is 9.30. The normalized spacial score (nSPS) is 13.5. The van der Waals surface area contributed by atoms with E-state index in [1.165, 1.54) is 0 Å². The first-order valence-electron chi connectivity index (χ1n) is 5.37. The number of carbonyl (C=O) groups excluding carboxylic acids is 1. The van der Waals surface area contributed by atoms with E-state index in [0.717, 1.165) is 5.56 Å². The fraction of sp³-hybridized carbons (Fsp3) is 0.0714. The summed E-state index contributed by atoms with van der Waals surface area (Å²) in [6.07, 6.45) is 8.82. The fourth-order valence-corrected chi connectivity index (χ4v) is 1.39. The first kappa shape index (κ1) is 11.2. The van der Waals surface area contributed by atoms with Gasteiger partial charge in [-0.05, 0) is 17.7 Å². The van der Waals surface area contributed by atoms with Gasteiger partial charge >= 0.3 is 5.97 Å². The molecule has 0 atom stereocenters. The lowest BCUT2D eigenvalue weighted by Crippen LogP contribution is -2.17. The highest BCUT2D eigenvalue weighted by molar-refractivity contribution is 5.88. The van der Waals surface area contributed by atoms with Gasteiger partial charge < -0.3 is 10.1 Å². The number of benzene rings is 1. The van der Waals surface area contributed by atoms with E-state index >= 15 is 0 Å². The molecule has 1 aliphatic rings. The van der Waals surface area contributed by atoms with E-state index in [2.05, 4.69) is 5.32 Å². The van der Waals surface area contributed by atoms with Gasteiger partial charge in [0, 0.05) is 6.20 Å². The van der Waals surface area contributed by atoms with Crippen LogP contribution >= 0.6 is 0 Å². The molecule has 1 N–H and O–H groups in total. The molecule has 0 aromatic heterocycles. The molecule has 0 saturated heterocycles. The molecule has 0 amide bonds. The molecule has 17 heavy (non-hydrogen) atoms. The third-order valence-corrected chi connectivity index (χ3v) is 2.25. The topological polar surface area (TPSA) is 38.3 Å².